The van der Waals surface area contributed by atoms with Gasteiger partial charge < -0.3 is 0 Å². The van der Waals surface area contributed by atoms with Gasteiger partial charge >= 0.3 is 0 Å². The minimum Gasteiger partial charge on any atom is -0.208 e. The molecule has 2 heterocycles. The number of aromatic nitrogens is 6. The SMILES string of the molecule is c1ccc(-c2ccc(-c3nc(-c4cccc(-c5ccccc5)c4)nc(-c4cccc5c4-c4ccccc4C54c5ccccc5-c5ccccc5-c5ccccc54)n3)cc2)cc1.c1ccc(-c2ccc(-c3nc(-c4ccccc4-c4ccccc4)nc(-c4cccc5c4-c4ccccc4C54c5ccccc5-c5ccccc5-c5ccccc54)n3)cc2)cc1. The molecule has 24 rings (SSSR count). The summed E-state index contributed by atoms with van der Waals surface area (Å²) >= 11 is 0. The molecule has 20 aromatic rings. The first-order valence-electron chi connectivity index (χ1n) is 41.7. The first-order valence-corrected chi connectivity index (χ1v) is 41.7. The molecule has 0 N–H and O–H groups in total. The Kier molecular flexibility index (Phi) is 17.3. The van der Waals surface area contributed by atoms with Gasteiger partial charge in [0.05, 0.1) is 10.8 Å². The van der Waals surface area contributed by atoms with Crippen LogP contribution in [-0.2, 0) is 10.8 Å². The Bertz CT molecular complexity index is 7350. The maximum atomic E-state index is 5.45. The Hall–Kier alpha value is -16.0. The van der Waals surface area contributed by atoms with Gasteiger partial charge in [0, 0.05) is 33.4 Å². The lowest BCUT2D eigenvalue weighted by atomic mass is 9.66. The third kappa shape index (κ3) is 11.6. The van der Waals surface area contributed by atoms with Gasteiger partial charge in [0.25, 0.3) is 0 Å². The molecule has 0 aliphatic heterocycles. The largest absolute Gasteiger partial charge is 0.208 e. The molecule has 2 spiro atoms. The van der Waals surface area contributed by atoms with E-state index in [4.69, 9.17) is 29.9 Å². The average Bonchev–Trinajstić information content (AvgIpc) is 1.52. The van der Waals surface area contributed by atoms with Crippen molar-refractivity contribution in [3.05, 3.63) is 493 Å². The fraction of sp³-hybridized carbons (Fsp3) is 0.0172. The molecule has 0 amide bonds. The molecule has 568 valence electrons. The van der Waals surface area contributed by atoms with Crippen LogP contribution < -0.4 is 0 Å². The van der Waals surface area contributed by atoms with E-state index in [1.165, 1.54) is 111 Å². The van der Waals surface area contributed by atoms with Gasteiger partial charge in [0.2, 0.25) is 0 Å². The van der Waals surface area contributed by atoms with Crippen LogP contribution in [0.15, 0.2) is 449 Å². The van der Waals surface area contributed by atoms with E-state index in [-0.39, 0.29) is 0 Å². The van der Waals surface area contributed by atoms with Gasteiger partial charge in [-0.2, -0.15) is 0 Å². The summed E-state index contributed by atoms with van der Waals surface area (Å²) < 4.78 is 0. The summed E-state index contributed by atoms with van der Waals surface area (Å²) in [7, 11) is 0. The van der Waals surface area contributed by atoms with Crippen molar-refractivity contribution < 1.29 is 0 Å². The van der Waals surface area contributed by atoms with Crippen LogP contribution in [0.25, 0.3) is 180 Å². The maximum Gasteiger partial charge on any atom is 0.164 e. The van der Waals surface area contributed by atoms with Crippen LogP contribution in [0.3, 0.4) is 0 Å². The van der Waals surface area contributed by atoms with Crippen molar-refractivity contribution >= 4 is 0 Å². The van der Waals surface area contributed by atoms with Gasteiger partial charge in [0.15, 0.2) is 34.9 Å². The second-order valence-electron chi connectivity index (χ2n) is 31.7. The van der Waals surface area contributed by atoms with E-state index in [0.29, 0.717) is 34.9 Å². The van der Waals surface area contributed by atoms with Gasteiger partial charge in [-0.1, -0.05) is 443 Å². The molecule has 4 aliphatic rings. The molecule has 0 unspecified atom stereocenters. The van der Waals surface area contributed by atoms with Gasteiger partial charge in [-0.25, -0.2) is 29.9 Å². The van der Waals surface area contributed by atoms with Crippen molar-refractivity contribution in [1.29, 1.82) is 0 Å². The zero-order valence-corrected chi connectivity index (χ0v) is 66.4. The van der Waals surface area contributed by atoms with Gasteiger partial charge in [-0.3, -0.25) is 0 Å². The number of benzene rings is 18. The smallest absolute Gasteiger partial charge is 0.164 e. The van der Waals surface area contributed by atoms with Crippen LogP contribution >= 0.6 is 0 Å². The van der Waals surface area contributed by atoms with Gasteiger partial charge in [-0.15, -0.1) is 0 Å². The Morgan fingerprint density at radius 1 is 0.115 bits per heavy atom. The molecular formula is C116H74N6. The van der Waals surface area contributed by atoms with Crippen molar-refractivity contribution in [2.45, 2.75) is 10.8 Å². The highest BCUT2D eigenvalue weighted by Gasteiger charge is 2.52. The number of hydrogen-bond donors (Lipinski definition) is 0. The molecule has 0 radical (unpaired) electrons. The van der Waals surface area contributed by atoms with Crippen LogP contribution in [0.2, 0.25) is 0 Å². The summed E-state index contributed by atoms with van der Waals surface area (Å²) in [4.78, 5) is 32.2. The molecule has 2 aromatic heterocycles. The van der Waals surface area contributed by atoms with Crippen molar-refractivity contribution in [2.75, 3.05) is 0 Å². The maximum absolute atomic E-state index is 5.45. The summed E-state index contributed by atoms with van der Waals surface area (Å²) in [5, 5.41) is 0. The molecule has 6 heteroatoms. The van der Waals surface area contributed by atoms with E-state index >= 15 is 0 Å². The van der Waals surface area contributed by atoms with Crippen LogP contribution in [0.1, 0.15) is 44.5 Å². The molecule has 0 atom stereocenters. The highest BCUT2D eigenvalue weighted by Crippen LogP contribution is 2.65. The summed E-state index contributed by atoms with van der Waals surface area (Å²) in [6.45, 7) is 0. The molecule has 0 saturated carbocycles. The zero-order valence-electron chi connectivity index (χ0n) is 66.4. The zero-order chi connectivity index (χ0) is 80.7. The molecule has 122 heavy (non-hydrogen) atoms. The van der Waals surface area contributed by atoms with E-state index < -0.39 is 10.8 Å². The summed E-state index contributed by atoms with van der Waals surface area (Å²) in [5.74, 6) is 3.79. The molecule has 18 aromatic carbocycles. The minimum absolute atomic E-state index is 0.607. The van der Waals surface area contributed by atoms with Crippen LogP contribution in [0.5, 0.6) is 0 Å². The molecule has 4 aliphatic carbocycles. The standard InChI is InChI=1S/2C58H37N3/c1-3-18-38(19-4-1)39-34-36-41(37-35-39)55-59-56(47-27-10-7-22-42(47)40-20-5-2-6-21-40)61-57(60-55)49-29-17-33-53-54(49)48-28-13-16-32-52(48)58(53)50-30-14-11-25-45(50)43-23-8-9-24-44(43)46-26-12-15-31-51(46)58;1-3-17-38(18-4-1)40-33-35-41(36-34-40)55-59-56(43-22-15-21-42(37-43)39-19-5-2-6-20-39)61-57(60-55)49-28-16-32-53-54(49)48-27-11-14-31-52(48)58(53)50-29-12-9-25-46(50)44-23-7-8-24-45(44)47-26-10-13-30-51(47)58/h2*1-37H. The molecule has 0 bridgehead atoms. The summed E-state index contributed by atoms with van der Waals surface area (Å²) in [6.07, 6.45) is 0. The van der Waals surface area contributed by atoms with Crippen LogP contribution in [-0.4, -0.2) is 29.9 Å². The topological polar surface area (TPSA) is 77.3 Å². The quantitative estimate of drug-likeness (QED) is 0.136. The summed E-state index contributed by atoms with van der Waals surface area (Å²) in [6, 6.07) is 161. The average molecular weight is 1550 g/mol. The molecule has 0 saturated heterocycles. The monoisotopic (exact) mass is 1550 g/mol. The Labute approximate surface area is 709 Å². The van der Waals surface area contributed by atoms with Crippen molar-refractivity contribution in [1.82, 2.24) is 29.9 Å². The van der Waals surface area contributed by atoms with Crippen molar-refractivity contribution in [3.8, 4) is 180 Å². The van der Waals surface area contributed by atoms with E-state index in [1.54, 1.807) is 0 Å². The van der Waals surface area contributed by atoms with Crippen LogP contribution in [0.4, 0.5) is 0 Å². The van der Waals surface area contributed by atoms with Crippen molar-refractivity contribution in [3.63, 3.8) is 0 Å². The lowest BCUT2D eigenvalue weighted by Gasteiger charge is -2.35. The van der Waals surface area contributed by atoms with Crippen molar-refractivity contribution in [2.24, 2.45) is 0 Å². The predicted octanol–water partition coefficient (Wildman–Crippen LogP) is 28.4. The highest BCUT2D eigenvalue weighted by atomic mass is 15.0. The lowest BCUT2D eigenvalue weighted by molar-refractivity contribution is 0.775. The fourth-order valence-corrected chi connectivity index (χ4v) is 20.0. The van der Waals surface area contributed by atoms with E-state index in [2.05, 4.69) is 431 Å². The first kappa shape index (κ1) is 71.3. The van der Waals surface area contributed by atoms with Gasteiger partial charge in [0.1, 0.15) is 0 Å². The summed E-state index contributed by atoms with van der Waals surface area (Å²) in [5.41, 5.74) is 38.1. The van der Waals surface area contributed by atoms with Crippen LogP contribution in [0, 0.1) is 0 Å². The Morgan fingerprint density at radius 2 is 0.328 bits per heavy atom. The third-order valence-corrected chi connectivity index (χ3v) is 25.2. The number of rotatable bonds is 10. The Balaban J connectivity index is 0.000000142. The van der Waals surface area contributed by atoms with Gasteiger partial charge in [-0.05, 0) is 162 Å². The lowest BCUT2D eigenvalue weighted by Crippen LogP contribution is -2.29. The second kappa shape index (κ2) is 29.6. The molecular weight excluding hydrogens is 1480 g/mol. The minimum atomic E-state index is -0.611. The fourth-order valence-electron chi connectivity index (χ4n) is 20.0. The highest BCUT2D eigenvalue weighted by molar-refractivity contribution is 6.03. The molecule has 0 fully saturated rings. The Morgan fingerprint density at radius 3 is 0.705 bits per heavy atom. The van der Waals surface area contributed by atoms with E-state index in [9.17, 15) is 0 Å². The van der Waals surface area contributed by atoms with E-state index in [1.807, 2.05) is 18.2 Å². The van der Waals surface area contributed by atoms with E-state index in [0.717, 1.165) is 77.9 Å². The number of nitrogens with zero attached hydrogens (tertiary/aromatic N) is 6. The number of hydrogen-bond acceptors (Lipinski definition) is 6. The number of fused-ring (bicyclic) bond motifs is 24. The normalized spacial score (nSPS) is 12.7. The third-order valence-electron chi connectivity index (χ3n) is 25.2. The molecule has 6 nitrogen and oxygen atoms in total. The first-order chi connectivity index (χ1) is 60.5. The predicted molar refractivity (Wildman–Crippen MR) is 497 cm³/mol. The second-order valence-corrected chi connectivity index (χ2v) is 31.7.